The number of nitrogens with zero attached hydrogens (tertiary/aromatic N) is 2. The maximum atomic E-state index is 14.0. The summed E-state index contributed by atoms with van der Waals surface area (Å²) in [7, 11) is 0. The van der Waals surface area contributed by atoms with E-state index in [2.05, 4.69) is 27.5 Å². The molecular weight excluding hydrogens is 334 g/mol. The third-order valence-electron chi connectivity index (χ3n) is 3.97. The molecule has 0 radical (unpaired) electrons. The summed E-state index contributed by atoms with van der Waals surface area (Å²) in [5.41, 5.74) is 1.62. The van der Waals surface area contributed by atoms with Crippen molar-refractivity contribution in [1.29, 1.82) is 0 Å². The molecule has 0 aliphatic heterocycles. The molecule has 0 fully saturated rings. The molecule has 0 spiro atoms. The molecule has 6 heteroatoms. The van der Waals surface area contributed by atoms with Crippen LogP contribution in [0.4, 0.5) is 26.2 Å². The third-order valence-corrected chi connectivity index (χ3v) is 3.97. The minimum Gasteiger partial charge on any atom is -0.352 e. The van der Waals surface area contributed by atoms with Gasteiger partial charge in [-0.15, -0.1) is 0 Å². The maximum absolute atomic E-state index is 14.0. The molecule has 0 saturated heterocycles. The predicted molar refractivity (Wildman–Crippen MR) is 100 cm³/mol. The molecule has 3 aromatic rings. The lowest BCUT2D eigenvalue weighted by Gasteiger charge is -2.15. The van der Waals surface area contributed by atoms with Crippen molar-refractivity contribution < 1.29 is 8.78 Å². The van der Waals surface area contributed by atoms with Crippen LogP contribution in [0.25, 0.3) is 11.3 Å². The molecule has 0 amide bonds. The normalized spacial score (nSPS) is 11.8. The Labute approximate surface area is 151 Å². The van der Waals surface area contributed by atoms with Gasteiger partial charge >= 0.3 is 0 Å². The lowest BCUT2D eigenvalue weighted by molar-refractivity contribution is 0.603. The van der Waals surface area contributed by atoms with Crippen LogP contribution < -0.4 is 10.6 Å². The van der Waals surface area contributed by atoms with Crippen molar-refractivity contribution in [2.45, 2.75) is 26.3 Å². The van der Waals surface area contributed by atoms with E-state index in [9.17, 15) is 8.78 Å². The van der Waals surface area contributed by atoms with Gasteiger partial charge in [0, 0.05) is 23.7 Å². The van der Waals surface area contributed by atoms with E-state index in [1.54, 1.807) is 6.07 Å². The fraction of sp³-hybridized carbons (Fsp3) is 0.200. The van der Waals surface area contributed by atoms with E-state index >= 15 is 0 Å². The lowest BCUT2D eigenvalue weighted by Crippen LogP contribution is -2.16. The van der Waals surface area contributed by atoms with E-state index in [1.807, 2.05) is 37.3 Å². The second-order valence-corrected chi connectivity index (χ2v) is 6.03. The van der Waals surface area contributed by atoms with Crippen LogP contribution in [-0.4, -0.2) is 16.0 Å². The van der Waals surface area contributed by atoms with Gasteiger partial charge in [0.25, 0.3) is 0 Å². The van der Waals surface area contributed by atoms with E-state index in [0.717, 1.165) is 30.2 Å². The number of nitrogens with one attached hydrogen (secondary N) is 2. The van der Waals surface area contributed by atoms with Crippen LogP contribution in [0.1, 0.15) is 20.3 Å². The van der Waals surface area contributed by atoms with Gasteiger partial charge in [-0.05, 0) is 25.5 Å². The highest BCUT2D eigenvalue weighted by atomic mass is 19.1. The number of rotatable bonds is 6. The molecule has 0 bridgehead atoms. The first-order valence-electron chi connectivity index (χ1n) is 8.48. The molecule has 1 atom stereocenters. The predicted octanol–water partition coefficient (Wildman–Crippen LogP) is 5.38. The molecule has 1 heterocycles. The molecule has 134 valence electrons. The highest BCUT2D eigenvalue weighted by Crippen LogP contribution is 2.25. The van der Waals surface area contributed by atoms with Crippen LogP contribution in [-0.2, 0) is 0 Å². The second kappa shape index (κ2) is 7.91. The van der Waals surface area contributed by atoms with E-state index in [1.165, 1.54) is 0 Å². The Bertz CT molecular complexity index is 884. The van der Waals surface area contributed by atoms with Crippen LogP contribution in [0.15, 0.2) is 54.6 Å². The molecule has 2 N–H and O–H groups in total. The molecule has 4 nitrogen and oxygen atoms in total. The van der Waals surface area contributed by atoms with E-state index in [-0.39, 0.29) is 11.7 Å². The van der Waals surface area contributed by atoms with Crippen molar-refractivity contribution in [2.75, 3.05) is 10.6 Å². The molecule has 0 aliphatic carbocycles. The van der Waals surface area contributed by atoms with Crippen molar-refractivity contribution in [3.63, 3.8) is 0 Å². The monoisotopic (exact) mass is 354 g/mol. The maximum Gasteiger partial charge on any atom is 0.225 e. The van der Waals surface area contributed by atoms with Gasteiger partial charge < -0.3 is 10.6 Å². The number of halogens is 2. The van der Waals surface area contributed by atoms with Crippen molar-refractivity contribution >= 4 is 17.5 Å². The second-order valence-electron chi connectivity index (χ2n) is 6.03. The number of aromatic nitrogens is 2. The first-order valence-corrected chi connectivity index (χ1v) is 8.48. The number of benzene rings is 2. The number of anilines is 3. The Kier molecular flexibility index (Phi) is 5.41. The van der Waals surface area contributed by atoms with Crippen LogP contribution in [0.2, 0.25) is 0 Å². The van der Waals surface area contributed by atoms with Gasteiger partial charge in [-0.25, -0.2) is 13.8 Å². The van der Waals surface area contributed by atoms with Crippen molar-refractivity contribution in [3.8, 4) is 11.3 Å². The summed E-state index contributed by atoms with van der Waals surface area (Å²) in [6.45, 7) is 4.08. The standard InChI is InChI=1S/C20H20F2N4/c1-3-13(2)23-20-25-17(14-7-5-4-6-8-14)12-19(26-20)24-18-11-15(21)9-10-16(18)22/h4-13H,3H2,1-2H3,(H2,23,24,25,26)/t13-/m0/s1. The van der Waals surface area contributed by atoms with Gasteiger partial charge in [-0.2, -0.15) is 4.98 Å². The van der Waals surface area contributed by atoms with Crippen LogP contribution in [0.5, 0.6) is 0 Å². The van der Waals surface area contributed by atoms with Crippen LogP contribution in [0.3, 0.4) is 0 Å². The summed E-state index contributed by atoms with van der Waals surface area (Å²) in [5.74, 6) is -0.263. The van der Waals surface area contributed by atoms with Gasteiger partial charge in [-0.1, -0.05) is 37.3 Å². The van der Waals surface area contributed by atoms with E-state index < -0.39 is 11.6 Å². The lowest BCUT2D eigenvalue weighted by atomic mass is 10.1. The minimum absolute atomic E-state index is 0.0252. The van der Waals surface area contributed by atoms with E-state index in [0.29, 0.717) is 17.5 Å². The summed E-state index contributed by atoms with van der Waals surface area (Å²) in [6.07, 6.45) is 0.903. The van der Waals surface area contributed by atoms with Crippen LogP contribution in [0, 0.1) is 11.6 Å². The first-order chi connectivity index (χ1) is 12.5. The summed E-state index contributed by atoms with van der Waals surface area (Å²) >= 11 is 0. The molecule has 0 unspecified atom stereocenters. The van der Waals surface area contributed by atoms with Gasteiger partial charge in [0.1, 0.15) is 17.5 Å². The average molecular weight is 354 g/mol. The Morgan fingerprint density at radius 2 is 1.77 bits per heavy atom. The Balaban J connectivity index is 2.00. The molecular formula is C20H20F2N4. The zero-order valence-electron chi connectivity index (χ0n) is 14.6. The summed E-state index contributed by atoms with van der Waals surface area (Å²) in [5, 5.41) is 6.07. The Hall–Kier alpha value is -3.02. The smallest absolute Gasteiger partial charge is 0.225 e. The quantitative estimate of drug-likeness (QED) is 0.624. The van der Waals surface area contributed by atoms with Crippen molar-refractivity contribution in [1.82, 2.24) is 9.97 Å². The fourth-order valence-electron chi connectivity index (χ4n) is 2.39. The van der Waals surface area contributed by atoms with Crippen molar-refractivity contribution in [3.05, 3.63) is 66.2 Å². The first kappa shape index (κ1) is 17.8. The van der Waals surface area contributed by atoms with Crippen LogP contribution >= 0.6 is 0 Å². The Morgan fingerprint density at radius 3 is 2.50 bits per heavy atom. The van der Waals surface area contributed by atoms with Gasteiger partial charge in [-0.3, -0.25) is 0 Å². The fourth-order valence-corrected chi connectivity index (χ4v) is 2.39. The summed E-state index contributed by atoms with van der Waals surface area (Å²) in [6, 6.07) is 14.8. The third kappa shape index (κ3) is 4.33. The summed E-state index contributed by atoms with van der Waals surface area (Å²) in [4.78, 5) is 8.93. The van der Waals surface area contributed by atoms with Gasteiger partial charge in [0.15, 0.2) is 0 Å². The van der Waals surface area contributed by atoms with Crippen molar-refractivity contribution in [2.24, 2.45) is 0 Å². The number of hydrogen-bond donors (Lipinski definition) is 2. The average Bonchev–Trinajstić information content (AvgIpc) is 2.65. The topological polar surface area (TPSA) is 49.8 Å². The molecule has 0 saturated carbocycles. The summed E-state index contributed by atoms with van der Waals surface area (Å²) < 4.78 is 27.4. The molecule has 1 aromatic heterocycles. The highest BCUT2D eigenvalue weighted by Gasteiger charge is 2.11. The van der Waals surface area contributed by atoms with Gasteiger partial charge in [0.2, 0.25) is 5.95 Å². The molecule has 3 rings (SSSR count). The molecule has 2 aromatic carbocycles. The molecule has 26 heavy (non-hydrogen) atoms. The zero-order valence-corrected chi connectivity index (χ0v) is 14.6. The SMILES string of the molecule is CC[C@H](C)Nc1nc(Nc2cc(F)ccc2F)cc(-c2ccccc2)n1. The minimum atomic E-state index is -0.553. The highest BCUT2D eigenvalue weighted by molar-refractivity contribution is 5.67. The largest absolute Gasteiger partial charge is 0.352 e. The van der Waals surface area contributed by atoms with E-state index in [4.69, 9.17) is 0 Å². The molecule has 0 aliphatic rings. The van der Waals surface area contributed by atoms with Gasteiger partial charge in [0.05, 0.1) is 11.4 Å². The Morgan fingerprint density at radius 1 is 1.00 bits per heavy atom. The number of hydrogen-bond acceptors (Lipinski definition) is 4. The zero-order chi connectivity index (χ0) is 18.5.